The number of rotatable bonds is 3. The Labute approximate surface area is 100 Å². The van der Waals surface area contributed by atoms with Gasteiger partial charge in [0.15, 0.2) is 0 Å². The molecule has 17 heavy (non-hydrogen) atoms. The molecule has 5 heteroatoms. The molecule has 1 aromatic heterocycles. The van der Waals surface area contributed by atoms with Crippen molar-refractivity contribution in [2.24, 2.45) is 5.73 Å². The van der Waals surface area contributed by atoms with Crippen LogP contribution in [0.1, 0.15) is 28.9 Å². The first-order chi connectivity index (χ1) is 8.10. The highest BCUT2D eigenvalue weighted by Gasteiger charge is 2.26. The number of pyridine rings is 1. The second-order valence-electron chi connectivity index (χ2n) is 4.39. The Hall–Kier alpha value is -1.62. The summed E-state index contributed by atoms with van der Waals surface area (Å²) in [6.07, 6.45) is 1.94. The minimum absolute atomic E-state index is 0.308. The Morgan fingerprint density at radius 3 is 2.76 bits per heavy atom. The summed E-state index contributed by atoms with van der Waals surface area (Å²) in [7, 11) is 1.36. The van der Waals surface area contributed by atoms with Crippen molar-refractivity contribution in [3.63, 3.8) is 0 Å². The lowest BCUT2D eigenvalue weighted by Crippen LogP contribution is -2.44. The molecule has 0 unspecified atom stereocenters. The lowest BCUT2D eigenvalue weighted by atomic mass is 9.88. The molecule has 1 fully saturated rings. The molecule has 0 amide bonds. The van der Waals surface area contributed by atoms with Crippen LogP contribution in [0.25, 0.3) is 0 Å². The summed E-state index contributed by atoms with van der Waals surface area (Å²) in [5.41, 5.74) is 6.89. The summed E-state index contributed by atoms with van der Waals surface area (Å²) < 4.78 is 4.67. The minimum Gasteiger partial charge on any atom is -0.465 e. The lowest BCUT2D eigenvalue weighted by Gasteiger charge is -2.33. The summed E-state index contributed by atoms with van der Waals surface area (Å²) in [4.78, 5) is 15.7. The maximum absolute atomic E-state index is 11.4. The normalized spacial score (nSPS) is 22.8. The van der Waals surface area contributed by atoms with Gasteiger partial charge >= 0.3 is 5.97 Å². The van der Waals surface area contributed by atoms with Crippen LogP contribution in [-0.2, 0) is 4.74 Å². The molecule has 0 radical (unpaired) electrons. The highest BCUT2D eigenvalue weighted by molar-refractivity contribution is 5.90. The first kappa shape index (κ1) is 11.9. The van der Waals surface area contributed by atoms with E-state index in [1.807, 2.05) is 0 Å². The van der Waals surface area contributed by atoms with Crippen LogP contribution < -0.4 is 11.1 Å². The first-order valence-electron chi connectivity index (χ1n) is 5.68. The SMILES string of the molecule is COC(=O)c1ccc(NC2CC(N)C2)nc1C. The van der Waals surface area contributed by atoms with E-state index in [4.69, 9.17) is 5.73 Å². The van der Waals surface area contributed by atoms with Gasteiger partial charge in [0, 0.05) is 12.1 Å². The van der Waals surface area contributed by atoms with E-state index in [1.54, 1.807) is 19.1 Å². The maximum atomic E-state index is 11.4. The van der Waals surface area contributed by atoms with Gasteiger partial charge in [0.25, 0.3) is 0 Å². The van der Waals surface area contributed by atoms with E-state index in [0.717, 1.165) is 18.7 Å². The largest absolute Gasteiger partial charge is 0.465 e. The van der Waals surface area contributed by atoms with Gasteiger partial charge in [-0.05, 0) is 31.9 Å². The number of anilines is 1. The van der Waals surface area contributed by atoms with E-state index in [9.17, 15) is 4.79 Å². The molecule has 0 saturated heterocycles. The van der Waals surface area contributed by atoms with Crippen molar-refractivity contribution in [1.29, 1.82) is 0 Å². The average molecular weight is 235 g/mol. The van der Waals surface area contributed by atoms with Crippen molar-refractivity contribution >= 4 is 11.8 Å². The quantitative estimate of drug-likeness (QED) is 0.766. The Bertz CT molecular complexity index is 428. The van der Waals surface area contributed by atoms with Crippen LogP contribution in [-0.4, -0.2) is 30.1 Å². The summed E-state index contributed by atoms with van der Waals surface area (Å²) in [5.74, 6) is 0.430. The van der Waals surface area contributed by atoms with Gasteiger partial charge in [-0.3, -0.25) is 0 Å². The predicted octanol–water partition coefficient (Wildman–Crippen LogP) is 1.08. The van der Waals surface area contributed by atoms with Crippen molar-refractivity contribution in [3.05, 3.63) is 23.4 Å². The van der Waals surface area contributed by atoms with Crippen LogP contribution in [0.5, 0.6) is 0 Å². The summed E-state index contributed by atoms with van der Waals surface area (Å²) in [6, 6.07) is 4.24. The van der Waals surface area contributed by atoms with E-state index in [1.165, 1.54) is 7.11 Å². The van der Waals surface area contributed by atoms with Gasteiger partial charge in [-0.15, -0.1) is 0 Å². The number of aryl methyl sites for hydroxylation is 1. The van der Waals surface area contributed by atoms with Crippen LogP contribution in [0.2, 0.25) is 0 Å². The summed E-state index contributed by atoms with van der Waals surface area (Å²) >= 11 is 0. The third-order valence-electron chi connectivity index (χ3n) is 3.02. The zero-order valence-corrected chi connectivity index (χ0v) is 10.1. The molecule has 3 N–H and O–H groups in total. The number of hydrogen-bond donors (Lipinski definition) is 2. The van der Waals surface area contributed by atoms with Crippen LogP contribution in [0.4, 0.5) is 5.82 Å². The fraction of sp³-hybridized carbons (Fsp3) is 0.500. The van der Waals surface area contributed by atoms with Crippen LogP contribution >= 0.6 is 0 Å². The monoisotopic (exact) mass is 235 g/mol. The molecule has 2 rings (SSSR count). The average Bonchev–Trinajstić information content (AvgIpc) is 2.26. The minimum atomic E-state index is -0.354. The van der Waals surface area contributed by atoms with Crippen molar-refractivity contribution in [1.82, 2.24) is 4.98 Å². The summed E-state index contributed by atoms with van der Waals surface area (Å²) in [6.45, 7) is 1.80. The molecule has 92 valence electrons. The predicted molar refractivity (Wildman–Crippen MR) is 64.9 cm³/mol. The highest BCUT2D eigenvalue weighted by atomic mass is 16.5. The van der Waals surface area contributed by atoms with Crippen LogP contribution in [0.15, 0.2) is 12.1 Å². The molecule has 0 spiro atoms. The molecule has 0 atom stereocenters. The standard InChI is InChI=1S/C12H17N3O2/c1-7-10(12(16)17-2)3-4-11(14-7)15-9-5-8(13)6-9/h3-4,8-9H,5-6,13H2,1-2H3,(H,14,15). The van der Waals surface area contributed by atoms with Gasteiger partial charge in [0.05, 0.1) is 18.4 Å². The zero-order valence-electron chi connectivity index (χ0n) is 10.1. The molecule has 1 heterocycles. The molecular weight excluding hydrogens is 218 g/mol. The highest BCUT2D eigenvalue weighted by Crippen LogP contribution is 2.22. The van der Waals surface area contributed by atoms with Crippen molar-refractivity contribution in [2.45, 2.75) is 31.8 Å². The van der Waals surface area contributed by atoms with Crippen molar-refractivity contribution < 1.29 is 9.53 Å². The first-order valence-corrected chi connectivity index (χ1v) is 5.68. The van der Waals surface area contributed by atoms with Crippen LogP contribution in [0, 0.1) is 6.92 Å². The van der Waals surface area contributed by atoms with E-state index < -0.39 is 0 Å². The molecule has 1 aliphatic rings. The van der Waals surface area contributed by atoms with Gasteiger partial charge in [0.2, 0.25) is 0 Å². The Kier molecular flexibility index (Phi) is 3.28. The van der Waals surface area contributed by atoms with E-state index in [0.29, 0.717) is 23.3 Å². The van der Waals surface area contributed by atoms with E-state index >= 15 is 0 Å². The second-order valence-corrected chi connectivity index (χ2v) is 4.39. The number of hydrogen-bond acceptors (Lipinski definition) is 5. The van der Waals surface area contributed by atoms with Gasteiger partial charge in [-0.1, -0.05) is 0 Å². The molecule has 0 aromatic carbocycles. The van der Waals surface area contributed by atoms with E-state index in [-0.39, 0.29) is 5.97 Å². The zero-order chi connectivity index (χ0) is 12.4. The molecule has 1 aliphatic carbocycles. The number of ether oxygens (including phenoxy) is 1. The van der Waals surface area contributed by atoms with Gasteiger partial charge in [-0.2, -0.15) is 0 Å². The molecular formula is C12H17N3O2. The third-order valence-corrected chi connectivity index (χ3v) is 3.02. The van der Waals surface area contributed by atoms with Gasteiger partial charge in [0.1, 0.15) is 5.82 Å². The number of aromatic nitrogens is 1. The number of esters is 1. The van der Waals surface area contributed by atoms with Crippen LogP contribution in [0.3, 0.4) is 0 Å². The van der Waals surface area contributed by atoms with Crippen molar-refractivity contribution in [3.8, 4) is 0 Å². The third kappa shape index (κ3) is 2.55. The number of methoxy groups -OCH3 is 1. The molecule has 5 nitrogen and oxygen atoms in total. The Morgan fingerprint density at radius 2 is 2.24 bits per heavy atom. The topological polar surface area (TPSA) is 77.2 Å². The number of nitrogens with zero attached hydrogens (tertiary/aromatic N) is 1. The fourth-order valence-electron chi connectivity index (χ4n) is 1.96. The number of carbonyl (C=O) groups is 1. The molecule has 1 saturated carbocycles. The van der Waals surface area contributed by atoms with E-state index in [2.05, 4.69) is 15.0 Å². The van der Waals surface area contributed by atoms with Crippen molar-refractivity contribution in [2.75, 3.05) is 12.4 Å². The molecule has 0 bridgehead atoms. The smallest absolute Gasteiger partial charge is 0.339 e. The van der Waals surface area contributed by atoms with Gasteiger partial charge in [-0.25, -0.2) is 9.78 Å². The Balaban J connectivity index is 2.05. The molecule has 0 aliphatic heterocycles. The fourth-order valence-corrected chi connectivity index (χ4v) is 1.96. The second kappa shape index (κ2) is 4.71. The molecule has 1 aromatic rings. The Morgan fingerprint density at radius 1 is 1.53 bits per heavy atom. The number of carbonyl (C=O) groups excluding carboxylic acids is 1. The van der Waals surface area contributed by atoms with Gasteiger partial charge < -0.3 is 15.8 Å². The summed E-state index contributed by atoms with van der Waals surface area (Å²) in [5, 5.41) is 3.29. The number of nitrogens with one attached hydrogen (secondary N) is 1. The maximum Gasteiger partial charge on any atom is 0.339 e. The number of nitrogens with two attached hydrogens (primary N) is 1. The lowest BCUT2D eigenvalue weighted by molar-refractivity contribution is 0.0599.